The number of nitrogens with zero attached hydrogens (tertiary/aromatic N) is 4. The van der Waals surface area contributed by atoms with Crippen LogP contribution < -0.4 is 14.2 Å². The Hall–Kier alpha value is -3.47. The minimum Gasteiger partial charge on any atom is -0.434 e. The molecule has 2 fully saturated rings. The Morgan fingerprint density at radius 1 is 1.17 bits per heavy atom. The molecule has 3 aliphatic rings. The van der Waals surface area contributed by atoms with Crippen molar-refractivity contribution in [3.63, 3.8) is 0 Å². The number of carbonyl (C=O) groups excluding carboxylic acids is 1. The molecule has 0 unspecified atom stereocenters. The quantitative estimate of drug-likeness (QED) is 0.425. The molecule has 3 aromatic rings. The number of hydrogen-bond donors (Lipinski definition) is 1. The highest BCUT2D eigenvalue weighted by atomic mass is 32.2. The molecular formula is C24H21F2N5O3S. The molecule has 11 heteroatoms. The van der Waals surface area contributed by atoms with Gasteiger partial charge in [0.15, 0.2) is 23.1 Å². The molecule has 0 saturated heterocycles. The van der Waals surface area contributed by atoms with Gasteiger partial charge >= 0.3 is 6.09 Å². The summed E-state index contributed by atoms with van der Waals surface area (Å²) in [4.78, 5) is 18.7. The number of nitrogens with one attached hydrogen (secondary N) is 1. The summed E-state index contributed by atoms with van der Waals surface area (Å²) in [5.41, 5.74) is 0.0842. The summed E-state index contributed by atoms with van der Waals surface area (Å²) >= 11 is 1.45. The summed E-state index contributed by atoms with van der Waals surface area (Å²) in [6.07, 6.45) is 6.55. The lowest BCUT2D eigenvalue weighted by Gasteiger charge is -2.52. The summed E-state index contributed by atoms with van der Waals surface area (Å²) in [6, 6.07) is 7.90. The summed E-state index contributed by atoms with van der Waals surface area (Å²) < 4.78 is 44.6. The molecule has 180 valence electrons. The molecular weight excluding hydrogens is 476 g/mol. The molecule has 2 saturated carbocycles. The Balaban J connectivity index is 1.30. The maximum Gasteiger partial charge on any atom is 0.416 e. The second-order valence-electron chi connectivity index (χ2n) is 8.81. The van der Waals surface area contributed by atoms with Gasteiger partial charge in [0, 0.05) is 34.8 Å². The normalized spacial score (nSPS) is 18.0. The zero-order valence-corrected chi connectivity index (χ0v) is 19.4. The number of ether oxygens (including phenoxy) is 2. The van der Waals surface area contributed by atoms with Crippen molar-refractivity contribution in [2.24, 2.45) is 0 Å². The van der Waals surface area contributed by atoms with Crippen molar-refractivity contribution in [3.8, 4) is 17.4 Å². The molecule has 0 atom stereocenters. The Labute approximate surface area is 204 Å². The molecule has 1 spiro atoms. The number of rotatable bonds is 7. The van der Waals surface area contributed by atoms with Crippen LogP contribution in [0.1, 0.15) is 43.2 Å². The maximum atomic E-state index is 15.4. The van der Waals surface area contributed by atoms with Crippen LogP contribution in [0.5, 0.6) is 17.4 Å². The van der Waals surface area contributed by atoms with Crippen molar-refractivity contribution in [2.75, 3.05) is 4.72 Å². The van der Waals surface area contributed by atoms with Crippen LogP contribution >= 0.6 is 11.9 Å². The van der Waals surface area contributed by atoms with E-state index in [1.54, 1.807) is 24.3 Å². The highest BCUT2D eigenvalue weighted by Gasteiger charge is 2.53. The second kappa shape index (κ2) is 8.63. The number of anilines is 1. The fourth-order valence-corrected chi connectivity index (χ4v) is 5.23. The SMILES string of the molecule is O=C1Oc2c(ccc(Oc3cccnn3)c2F)C2(CCC2)N1Cc1ccnc(NSC2CC2)c1F. The molecule has 35 heavy (non-hydrogen) atoms. The van der Waals surface area contributed by atoms with Crippen LogP contribution in [0.25, 0.3) is 0 Å². The number of amides is 1. The molecule has 0 radical (unpaired) electrons. The molecule has 3 heterocycles. The van der Waals surface area contributed by atoms with E-state index < -0.39 is 23.3 Å². The molecule has 1 amide bonds. The topological polar surface area (TPSA) is 89.5 Å². The first-order chi connectivity index (χ1) is 17.0. The van der Waals surface area contributed by atoms with E-state index in [4.69, 9.17) is 9.47 Å². The molecule has 1 aromatic carbocycles. The highest BCUT2D eigenvalue weighted by Crippen LogP contribution is 2.54. The number of carbonyl (C=O) groups is 1. The Morgan fingerprint density at radius 3 is 2.74 bits per heavy atom. The van der Waals surface area contributed by atoms with E-state index >= 15 is 8.78 Å². The first kappa shape index (κ1) is 22.0. The van der Waals surface area contributed by atoms with E-state index in [1.807, 2.05) is 0 Å². The summed E-state index contributed by atoms with van der Waals surface area (Å²) in [5.74, 6) is -1.32. The lowest BCUT2D eigenvalue weighted by atomic mass is 9.69. The minimum atomic E-state index is -0.786. The van der Waals surface area contributed by atoms with Gasteiger partial charge in [-0.1, -0.05) is 0 Å². The predicted molar refractivity (Wildman–Crippen MR) is 124 cm³/mol. The Bertz CT molecular complexity index is 1290. The van der Waals surface area contributed by atoms with E-state index in [0.29, 0.717) is 29.2 Å². The van der Waals surface area contributed by atoms with Crippen molar-refractivity contribution in [2.45, 2.75) is 49.4 Å². The largest absolute Gasteiger partial charge is 0.434 e. The van der Waals surface area contributed by atoms with Crippen LogP contribution in [-0.4, -0.2) is 31.4 Å². The summed E-state index contributed by atoms with van der Waals surface area (Å²) in [5, 5.41) is 7.98. The third-order valence-electron chi connectivity index (χ3n) is 6.58. The number of aromatic nitrogens is 3. The van der Waals surface area contributed by atoms with E-state index in [1.165, 1.54) is 35.3 Å². The Morgan fingerprint density at radius 2 is 2.03 bits per heavy atom. The van der Waals surface area contributed by atoms with Gasteiger partial charge in [-0.2, -0.15) is 9.49 Å². The van der Waals surface area contributed by atoms with E-state index in [-0.39, 0.29) is 29.7 Å². The fraction of sp³-hybridized carbons (Fsp3) is 0.333. The van der Waals surface area contributed by atoms with Crippen LogP contribution in [0.15, 0.2) is 42.7 Å². The molecule has 0 bridgehead atoms. The standard InChI is InChI=1S/C24H21F2N5O3S/c25-19-14(8-12-27-22(19)30-35-15-4-5-15)13-31-23(32)34-21-16(24(31)9-2-10-24)6-7-17(20(21)26)33-18-3-1-11-28-29-18/h1,3,6-8,11-12,15H,2,4-5,9-10,13H2,(H,27,30). The lowest BCUT2D eigenvalue weighted by Crippen LogP contribution is -2.57. The minimum absolute atomic E-state index is 0.0190. The van der Waals surface area contributed by atoms with E-state index in [9.17, 15) is 4.79 Å². The van der Waals surface area contributed by atoms with Crippen molar-refractivity contribution in [1.82, 2.24) is 20.1 Å². The number of fused-ring (bicyclic) bond motifs is 2. The van der Waals surface area contributed by atoms with Crippen LogP contribution in [0.3, 0.4) is 0 Å². The van der Waals surface area contributed by atoms with Gasteiger partial charge in [-0.3, -0.25) is 4.90 Å². The maximum absolute atomic E-state index is 15.4. The predicted octanol–water partition coefficient (Wildman–Crippen LogP) is 5.56. The zero-order chi connectivity index (χ0) is 24.0. The summed E-state index contributed by atoms with van der Waals surface area (Å²) in [6.45, 7) is -0.0190. The smallest absolute Gasteiger partial charge is 0.416 e. The molecule has 1 aliphatic heterocycles. The van der Waals surface area contributed by atoms with Crippen molar-refractivity contribution < 1.29 is 23.0 Å². The van der Waals surface area contributed by atoms with Gasteiger partial charge in [0.1, 0.15) is 0 Å². The molecule has 8 nitrogen and oxygen atoms in total. The molecule has 6 rings (SSSR count). The van der Waals surface area contributed by atoms with Gasteiger partial charge < -0.3 is 14.2 Å². The van der Waals surface area contributed by atoms with Gasteiger partial charge in [-0.25, -0.2) is 14.2 Å². The van der Waals surface area contributed by atoms with Crippen molar-refractivity contribution >= 4 is 23.9 Å². The molecule has 1 N–H and O–H groups in total. The second-order valence-corrected chi connectivity index (χ2v) is 9.92. The molecule has 2 aromatic heterocycles. The third kappa shape index (κ3) is 3.93. The van der Waals surface area contributed by atoms with Gasteiger partial charge in [0.25, 0.3) is 0 Å². The van der Waals surface area contributed by atoms with Crippen molar-refractivity contribution in [1.29, 1.82) is 0 Å². The van der Waals surface area contributed by atoms with Gasteiger partial charge in [0.05, 0.1) is 12.1 Å². The third-order valence-corrected chi connectivity index (χ3v) is 7.69. The average Bonchev–Trinajstić information content (AvgIpc) is 3.66. The van der Waals surface area contributed by atoms with Gasteiger partial charge in [0.2, 0.25) is 11.7 Å². The fourth-order valence-electron chi connectivity index (χ4n) is 4.44. The molecule has 2 aliphatic carbocycles. The van der Waals surface area contributed by atoms with Crippen LogP contribution in [0.4, 0.5) is 19.4 Å². The van der Waals surface area contributed by atoms with Crippen LogP contribution in [0, 0.1) is 11.6 Å². The van der Waals surface area contributed by atoms with E-state index in [2.05, 4.69) is 19.9 Å². The van der Waals surface area contributed by atoms with Gasteiger partial charge in [-0.15, -0.1) is 5.10 Å². The summed E-state index contributed by atoms with van der Waals surface area (Å²) in [7, 11) is 0. The highest BCUT2D eigenvalue weighted by molar-refractivity contribution is 8.01. The van der Waals surface area contributed by atoms with Crippen molar-refractivity contribution in [3.05, 3.63) is 65.5 Å². The zero-order valence-electron chi connectivity index (χ0n) is 18.5. The van der Waals surface area contributed by atoms with Gasteiger partial charge in [-0.05, 0) is 68.3 Å². The average molecular weight is 498 g/mol. The number of pyridine rings is 1. The lowest BCUT2D eigenvalue weighted by molar-refractivity contribution is -0.000309. The first-order valence-electron chi connectivity index (χ1n) is 11.4. The number of benzene rings is 1. The number of halogens is 2. The number of hydrogen-bond acceptors (Lipinski definition) is 8. The monoisotopic (exact) mass is 497 g/mol. The van der Waals surface area contributed by atoms with E-state index in [0.717, 1.165) is 19.3 Å². The first-order valence-corrected chi connectivity index (χ1v) is 12.3. The Kier molecular flexibility index (Phi) is 5.43. The van der Waals surface area contributed by atoms with Crippen LogP contribution in [0.2, 0.25) is 0 Å². The van der Waals surface area contributed by atoms with Crippen LogP contribution in [-0.2, 0) is 12.1 Å².